The number of phosphoric acid groups is 2. The van der Waals surface area contributed by atoms with Gasteiger partial charge in [0.15, 0.2) is 6.10 Å². The number of aliphatic hydroxyl groups is 2. The fourth-order valence-corrected chi connectivity index (χ4v) is 10.3. The van der Waals surface area contributed by atoms with Crippen LogP contribution in [0.4, 0.5) is 0 Å². The highest BCUT2D eigenvalue weighted by Crippen LogP contribution is 2.45. The van der Waals surface area contributed by atoms with E-state index >= 15 is 0 Å². The minimum atomic E-state index is -4.92. The Balaban J connectivity index is 4.54. The van der Waals surface area contributed by atoms with Crippen molar-refractivity contribution < 1.29 is 75.8 Å². The summed E-state index contributed by atoms with van der Waals surface area (Å²) in [6.45, 7) is 2.56. The largest absolute Gasteiger partial charge is 0.472 e. The number of hydrogen-bond acceptors (Lipinski definition) is 14. The maximum Gasteiger partial charge on any atom is 0.472 e. The van der Waals surface area contributed by atoms with Crippen molar-refractivity contribution in [3.05, 3.63) is 72.9 Å². The molecular weight excluding hydrogens is 1120 g/mol. The van der Waals surface area contributed by atoms with Crippen LogP contribution in [0.2, 0.25) is 0 Å². The molecule has 0 spiro atoms. The standard InChI is InChI=1S/C67H120O16P2/c1-4-7-10-13-16-19-22-24-26-27-28-29-30-31-32-33-35-37-39-41-44-47-50-53-65(70)77-56-62(68)57-79-84(73,74)80-58-63(69)59-81-85(75,76)82-61-64(83-67(72)55-52-49-46-43-38-21-18-15-12-9-6-3)60-78-66(71)54-51-48-45-42-40-36-34-25-23-20-17-14-11-8-5-2/h15-16,18-19,24-26,28-29,31-32,34,62-64,68-69H,4-14,17,20-23,27,30,33,35-61H2,1-3H3,(H,73,74)(H,75,76)/b18-15-,19-16-,26-24-,29-28-,32-31-,34-25-. The lowest BCUT2D eigenvalue weighted by Crippen LogP contribution is -2.30. The Hall–Kier alpha value is -3.01. The summed E-state index contributed by atoms with van der Waals surface area (Å²) in [7, 11) is -9.77. The summed E-state index contributed by atoms with van der Waals surface area (Å²) < 4.78 is 60.7. The summed E-state index contributed by atoms with van der Waals surface area (Å²) >= 11 is 0. The molecule has 0 bridgehead atoms. The van der Waals surface area contributed by atoms with Crippen molar-refractivity contribution in [1.82, 2.24) is 0 Å². The molecule has 0 amide bonds. The maximum atomic E-state index is 12.8. The predicted molar refractivity (Wildman–Crippen MR) is 344 cm³/mol. The van der Waals surface area contributed by atoms with E-state index in [-0.39, 0.29) is 19.3 Å². The molecule has 494 valence electrons. The van der Waals surface area contributed by atoms with Crippen molar-refractivity contribution in [1.29, 1.82) is 0 Å². The van der Waals surface area contributed by atoms with Crippen LogP contribution < -0.4 is 0 Å². The van der Waals surface area contributed by atoms with Gasteiger partial charge in [-0.25, -0.2) is 9.13 Å². The van der Waals surface area contributed by atoms with E-state index in [1.807, 2.05) is 0 Å². The van der Waals surface area contributed by atoms with Crippen LogP contribution in [-0.4, -0.2) is 95.9 Å². The van der Waals surface area contributed by atoms with Crippen LogP contribution in [0.1, 0.15) is 278 Å². The van der Waals surface area contributed by atoms with E-state index in [2.05, 4.69) is 93.7 Å². The number of ether oxygens (including phenoxy) is 3. The van der Waals surface area contributed by atoms with E-state index < -0.39 is 91.5 Å². The molecule has 0 aliphatic rings. The summed E-state index contributed by atoms with van der Waals surface area (Å²) in [6.07, 6.45) is 62.5. The van der Waals surface area contributed by atoms with Crippen molar-refractivity contribution in [3.63, 3.8) is 0 Å². The molecule has 4 N–H and O–H groups in total. The zero-order valence-electron chi connectivity index (χ0n) is 53.3. The third kappa shape index (κ3) is 62.4. The van der Waals surface area contributed by atoms with Crippen LogP contribution in [0.25, 0.3) is 0 Å². The highest BCUT2D eigenvalue weighted by Gasteiger charge is 2.29. The Kier molecular flexibility index (Phi) is 59.1. The zero-order chi connectivity index (χ0) is 62.4. The predicted octanol–water partition coefficient (Wildman–Crippen LogP) is 18.0. The average molecular weight is 1240 g/mol. The first-order valence-corrected chi connectivity index (χ1v) is 36.2. The summed E-state index contributed by atoms with van der Waals surface area (Å²) in [6, 6.07) is 0. The molecule has 0 heterocycles. The van der Waals surface area contributed by atoms with Crippen molar-refractivity contribution in [2.75, 3.05) is 39.6 Å². The van der Waals surface area contributed by atoms with Gasteiger partial charge in [-0.05, 0) is 109 Å². The van der Waals surface area contributed by atoms with E-state index in [4.69, 9.17) is 32.3 Å². The second-order valence-corrected chi connectivity index (χ2v) is 25.2. The smallest absolute Gasteiger partial charge is 0.463 e. The minimum absolute atomic E-state index is 0.0940. The summed E-state index contributed by atoms with van der Waals surface area (Å²) in [5.74, 6) is -1.60. The Labute approximate surface area is 515 Å². The molecule has 0 radical (unpaired) electrons. The fraction of sp³-hybridized carbons (Fsp3) is 0.776. The number of aliphatic hydroxyl groups excluding tert-OH is 2. The molecule has 0 fully saturated rings. The number of hydrogen-bond donors (Lipinski definition) is 4. The van der Waals surface area contributed by atoms with E-state index in [9.17, 15) is 43.5 Å². The normalized spacial score (nSPS) is 14.8. The Bertz CT molecular complexity index is 1850. The summed E-state index contributed by atoms with van der Waals surface area (Å²) in [5.41, 5.74) is 0. The van der Waals surface area contributed by atoms with Crippen LogP contribution in [-0.2, 0) is 55.8 Å². The summed E-state index contributed by atoms with van der Waals surface area (Å²) in [4.78, 5) is 58.2. The summed E-state index contributed by atoms with van der Waals surface area (Å²) in [5, 5.41) is 20.5. The first-order chi connectivity index (χ1) is 41.2. The van der Waals surface area contributed by atoms with E-state index in [1.165, 1.54) is 77.0 Å². The van der Waals surface area contributed by atoms with Crippen molar-refractivity contribution in [2.24, 2.45) is 0 Å². The van der Waals surface area contributed by atoms with Crippen LogP contribution in [0, 0.1) is 0 Å². The molecule has 0 aromatic rings. The highest BCUT2D eigenvalue weighted by molar-refractivity contribution is 7.47. The molecule has 0 aromatic heterocycles. The SMILES string of the molecule is CCCC/C=C\CCCCCCCC(=O)OC(COC(=O)CCCCCCC/C=C\CCCCCCCC)COP(=O)(O)OCC(O)COP(=O)(O)OCC(O)COC(=O)CCCCCCCCC/C=C\C/C=C\C/C=C\C/C=C\CCCCC. The number of unbranched alkanes of at least 4 members (excludes halogenated alkanes) is 28. The zero-order valence-corrected chi connectivity index (χ0v) is 55.1. The Morgan fingerprint density at radius 2 is 0.600 bits per heavy atom. The number of phosphoric ester groups is 2. The number of allylic oxidation sites excluding steroid dienone is 12. The van der Waals surface area contributed by atoms with Crippen molar-refractivity contribution in [3.8, 4) is 0 Å². The molecule has 85 heavy (non-hydrogen) atoms. The van der Waals surface area contributed by atoms with E-state index in [0.29, 0.717) is 19.3 Å². The first kappa shape index (κ1) is 82.0. The Morgan fingerprint density at radius 1 is 0.329 bits per heavy atom. The lowest BCUT2D eigenvalue weighted by Gasteiger charge is -2.21. The molecule has 0 aliphatic heterocycles. The highest BCUT2D eigenvalue weighted by atomic mass is 31.2. The molecule has 16 nitrogen and oxygen atoms in total. The molecule has 0 saturated heterocycles. The quantitative estimate of drug-likeness (QED) is 0.0146. The molecule has 18 heteroatoms. The molecule has 5 atom stereocenters. The van der Waals surface area contributed by atoms with Gasteiger partial charge in [0.2, 0.25) is 0 Å². The lowest BCUT2D eigenvalue weighted by atomic mass is 10.1. The van der Waals surface area contributed by atoms with Crippen LogP contribution in [0.5, 0.6) is 0 Å². The van der Waals surface area contributed by atoms with Crippen LogP contribution in [0.3, 0.4) is 0 Å². The van der Waals surface area contributed by atoms with Gasteiger partial charge in [0.05, 0.1) is 26.4 Å². The topological polar surface area (TPSA) is 231 Å². The van der Waals surface area contributed by atoms with Gasteiger partial charge in [-0.15, -0.1) is 0 Å². The van der Waals surface area contributed by atoms with Crippen molar-refractivity contribution in [2.45, 2.75) is 296 Å². The van der Waals surface area contributed by atoms with Gasteiger partial charge in [-0.3, -0.25) is 32.5 Å². The lowest BCUT2D eigenvalue weighted by molar-refractivity contribution is -0.161. The monoisotopic (exact) mass is 1240 g/mol. The number of rotatable bonds is 63. The average Bonchev–Trinajstić information content (AvgIpc) is 3.53. The van der Waals surface area contributed by atoms with Gasteiger partial charge in [0.1, 0.15) is 25.4 Å². The molecule has 5 unspecified atom stereocenters. The van der Waals surface area contributed by atoms with Gasteiger partial charge >= 0.3 is 33.6 Å². The van der Waals surface area contributed by atoms with Gasteiger partial charge < -0.3 is 34.2 Å². The van der Waals surface area contributed by atoms with Gasteiger partial charge in [-0.1, -0.05) is 222 Å². The second-order valence-electron chi connectivity index (χ2n) is 22.3. The van der Waals surface area contributed by atoms with Crippen molar-refractivity contribution >= 4 is 33.6 Å². The molecule has 0 aliphatic carbocycles. The first-order valence-electron chi connectivity index (χ1n) is 33.2. The number of carbonyl (C=O) groups is 3. The van der Waals surface area contributed by atoms with E-state index in [0.717, 1.165) is 141 Å². The maximum absolute atomic E-state index is 12.8. The second kappa shape index (κ2) is 61.2. The molecule has 0 aromatic carbocycles. The Morgan fingerprint density at radius 3 is 1.00 bits per heavy atom. The third-order valence-electron chi connectivity index (χ3n) is 13.9. The minimum Gasteiger partial charge on any atom is -0.463 e. The van der Waals surface area contributed by atoms with Crippen LogP contribution in [0.15, 0.2) is 72.9 Å². The number of esters is 3. The molecular formula is C67H120O16P2. The van der Waals surface area contributed by atoms with Gasteiger partial charge in [0, 0.05) is 19.3 Å². The van der Waals surface area contributed by atoms with Gasteiger partial charge in [-0.2, -0.15) is 0 Å². The fourth-order valence-electron chi connectivity index (χ4n) is 8.71. The van der Waals surface area contributed by atoms with Crippen LogP contribution >= 0.6 is 15.6 Å². The van der Waals surface area contributed by atoms with E-state index in [1.54, 1.807) is 0 Å². The molecule has 0 saturated carbocycles. The third-order valence-corrected chi connectivity index (χ3v) is 15.8. The van der Waals surface area contributed by atoms with Gasteiger partial charge in [0.25, 0.3) is 0 Å². The molecule has 0 rings (SSSR count). The number of carbonyl (C=O) groups excluding carboxylic acids is 3.